The van der Waals surface area contributed by atoms with Crippen LogP contribution in [0.4, 0.5) is 16.2 Å². The Morgan fingerprint density at radius 2 is 1.34 bits per heavy atom. The largest absolute Gasteiger partial charge is 0.618 e. The number of aliphatic carboxylic acids is 1. The molecule has 0 spiro atoms. The number of aliphatic hydroxyl groups is 3. The Labute approximate surface area is 475 Å². The molecule has 0 bridgehead atoms. The average Bonchev–Trinajstić information content (AvgIpc) is 3.98. The monoisotopic (exact) mass is 1140 g/mol. The third kappa shape index (κ3) is 12.4. The first-order valence-corrected chi connectivity index (χ1v) is 26.8. The second kappa shape index (κ2) is 25.0. The maximum absolute atomic E-state index is 13.7. The molecule has 3 aliphatic heterocycles. The second-order valence-corrected chi connectivity index (χ2v) is 20.2. The smallest absolute Gasteiger partial charge is 0.411 e. The van der Waals surface area contributed by atoms with E-state index in [1.807, 2.05) is 70.1 Å². The first-order chi connectivity index (χ1) is 40.1. The maximum atomic E-state index is 13.7. The molecule has 5 aromatic rings. The number of carboxylic acid groups (broad SMARTS) is 1. The van der Waals surface area contributed by atoms with Crippen molar-refractivity contribution in [2.24, 2.45) is 17.6 Å². The van der Waals surface area contributed by atoms with Crippen LogP contribution in [0.2, 0.25) is 0 Å². The van der Waals surface area contributed by atoms with Crippen LogP contribution in [0.3, 0.4) is 0 Å². The summed E-state index contributed by atoms with van der Waals surface area (Å²) >= 11 is 0. The molecule has 0 saturated carbocycles. The van der Waals surface area contributed by atoms with Crippen LogP contribution < -0.4 is 44.8 Å². The molecule has 5 heterocycles. The van der Waals surface area contributed by atoms with Crippen molar-refractivity contribution in [1.29, 1.82) is 0 Å². The lowest BCUT2D eigenvalue weighted by atomic mass is 9.87. The number of ether oxygens (including phenoxy) is 8. The van der Waals surface area contributed by atoms with Gasteiger partial charge in [0.25, 0.3) is 0 Å². The molecule has 2 unspecified atom stereocenters. The number of nitrogens with two attached hydrogens (primary N) is 1. The molecule has 0 radical (unpaired) electrons. The number of aromatic nitrogens is 2. The minimum atomic E-state index is -1.94. The van der Waals surface area contributed by atoms with Crippen LogP contribution in [-0.4, -0.2) is 141 Å². The van der Waals surface area contributed by atoms with Crippen molar-refractivity contribution in [2.45, 2.75) is 76.1 Å². The van der Waals surface area contributed by atoms with E-state index in [2.05, 4.69) is 10.6 Å². The van der Waals surface area contributed by atoms with Crippen LogP contribution in [0.15, 0.2) is 115 Å². The van der Waals surface area contributed by atoms with Crippen molar-refractivity contribution in [1.82, 2.24) is 9.13 Å². The lowest BCUT2D eigenvalue weighted by Gasteiger charge is -2.38. The topological polar surface area (TPSA) is 318 Å². The number of carbonyl (C=O) groups excluding carboxylic acids is 2. The Balaban J connectivity index is 0.735. The Bertz CT molecular complexity index is 3470. The molecule has 2 aromatic heterocycles. The van der Waals surface area contributed by atoms with Crippen molar-refractivity contribution in [2.75, 3.05) is 51.7 Å². The molecular formula is C59H63N7O17. The van der Waals surface area contributed by atoms with E-state index in [9.17, 15) is 45.2 Å². The first kappa shape index (κ1) is 57.2. The number of hydrogen-bond acceptors (Lipinski definition) is 17. The molecule has 10 rings (SSSR count). The summed E-state index contributed by atoms with van der Waals surface area (Å²) < 4.78 is 51.6. The quantitative estimate of drug-likeness (QED) is 0.0294. The summed E-state index contributed by atoms with van der Waals surface area (Å²) in [6.07, 6.45) is 5.63. The molecule has 436 valence electrons. The lowest BCUT2D eigenvalue weighted by Crippen LogP contribution is -2.61. The number of benzene rings is 3. The highest BCUT2D eigenvalue weighted by Gasteiger charge is 2.48. The highest BCUT2D eigenvalue weighted by atomic mass is 16.7. The van der Waals surface area contributed by atoms with E-state index in [0.717, 1.165) is 37.5 Å². The Morgan fingerprint density at radius 1 is 0.723 bits per heavy atom. The standard InChI is InChI=1S/C59H63N7O17/c1-76-41-13-9-34(10-14-41)36-11-15-43-38(23-36)26-63-30-48(54(77-2)45(63)28-65(43)74)79-20-5-21-80-49-31-64-27-39-24-37(12-16-44(39)66(75)29-46(64)55(49)78-3)35-6-4-7-40(25-35)61-59(73)81-32-33-8-17-47(42(22-33)62-50(67)18-19-60)82-58-53(70)51(68)52(69)56(83-58)57(71)72/h4,6-17,22,25,28-31,38-39,51-53,56,58,68-70H,5,18-21,23-24,26-27,32,60H2,1-3H3,(H,61,73)(H,62,67)(H,71,72)/t38?,39?,51-,52-,53+,56-,58+/m0/s1. The zero-order valence-corrected chi connectivity index (χ0v) is 45.5. The van der Waals surface area contributed by atoms with Gasteiger partial charge in [0.15, 0.2) is 51.9 Å². The number of nitrogens with zero attached hydrogens (tertiary/aromatic N) is 4. The number of anilines is 2. The molecule has 3 aromatic carbocycles. The number of amides is 2. The van der Waals surface area contributed by atoms with Gasteiger partial charge in [-0.2, -0.15) is 9.48 Å². The SMILES string of the molecule is COc1ccc(C2=CC=C3C(C2)Cn2cc(OCCCOc4cn5c(c4OC)C=[N+]([O-])C4=CC=C(c6cccc(NC(=O)OCc7ccc(O[C@@H]8O[C@H](C(=O)O)[C@@H](O)[C@H](O)[C@H]8O)c(NC(=O)CCN)c7)c6)CC4C5)c(OC)c2C=[N+]3[O-])cc1. The summed E-state index contributed by atoms with van der Waals surface area (Å²) in [4.78, 5) is 37.4. The van der Waals surface area contributed by atoms with Gasteiger partial charge in [-0.05, 0) is 77.1 Å². The van der Waals surface area contributed by atoms with Crippen LogP contribution in [-0.2, 0) is 38.8 Å². The summed E-state index contributed by atoms with van der Waals surface area (Å²) in [6.45, 7) is 1.24. The second-order valence-electron chi connectivity index (χ2n) is 20.2. The van der Waals surface area contributed by atoms with Crippen LogP contribution in [0.25, 0.3) is 11.1 Å². The number of allylic oxidation sites excluding steroid dienone is 8. The van der Waals surface area contributed by atoms with Gasteiger partial charge in [0.1, 0.15) is 36.4 Å². The van der Waals surface area contributed by atoms with Gasteiger partial charge >= 0.3 is 12.1 Å². The molecule has 7 atom stereocenters. The highest BCUT2D eigenvalue weighted by Crippen LogP contribution is 2.42. The number of hydroxylamine groups is 2. The van der Waals surface area contributed by atoms with Gasteiger partial charge in [0, 0.05) is 50.3 Å². The Kier molecular flexibility index (Phi) is 17.2. The van der Waals surface area contributed by atoms with E-state index in [-0.39, 0.29) is 56.1 Å². The minimum Gasteiger partial charge on any atom is -0.618 e. The molecule has 1 fully saturated rings. The van der Waals surface area contributed by atoms with Gasteiger partial charge in [-0.3, -0.25) is 10.1 Å². The molecule has 8 N–H and O–H groups in total. The normalized spacial score (nSPS) is 21.6. The molecule has 2 amide bonds. The zero-order valence-electron chi connectivity index (χ0n) is 45.5. The summed E-state index contributed by atoms with van der Waals surface area (Å²) in [5, 5.41) is 72.9. The number of rotatable bonds is 20. The predicted molar refractivity (Wildman–Crippen MR) is 300 cm³/mol. The van der Waals surface area contributed by atoms with E-state index < -0.39 is 48.7 Å². The van der Waals surface area contributed by atoms with Crippen molar-refractivity contribution in [3.05, 3.63) is 153 Å². The van der Waals surface area contributed by atoms with E-state index in [4.69, 9.17) is 43.6 Å². The van der Waals surface area contributed by atoms with Crippen molar-refractivity contribution in [3.63, 3.8) is 0 Å². The first-order valence-electron chi connectivity index (χ1n) is 26.8. The van der Waals surface area contributed by atoms with Crippen molar-refractivity contribution >= 4 is 52.9 Å². The van der Waals surface area contributed by atoms with Crippen molar-refractivity contribution in [3.8, 4) is 34.5 Å². The summed E-state index contributed by atoms with van der Waals surface area (Å²) in [5.41, 5.74) is 12.7. The van der Waals surface area contributed by atoms with Gasteiger partial charge < -0.3 is 88.9 Å². The van der Waals surface area contributed by atoms with Gasteiger partial charge in [-0.1, -0.05) is 42.5 Å². The fraction of sp³-hybridized carbons (Fsp3) is 0.339. The van der Waals surface area contributed by atoms with Crippen LogP contribution in [0.5, 0.6) is 34.5 Å². The lowest BCUT2D eigenvalue weighted by molar-refractivity contribution is -0.404. The number of hydrogen-bond donors (Lipinski definition) is 7. The van der Waals surface area contributed by atoms with E-state index in [1.165, 1.54) is 37.7 Å². The number of carbonyl (C=O) groups is 3. The van der Waals surface area contributed by atoms with Crippen LogP contribution >= 0.6 is 0 Å². The Morgan fingerprint density at radius 3 is 1.92 bits per heavy atom. The van der Waals surface area contributed by atoms with Gasteiger partial charge in [-0.15, -0.1) is 0 Å². The van der Waals surface area contributed by atoms with E-state index in [0.29, 0.717) is 89.4 Å². The molecule has 24 heteroatoms. The number of nitrogens with one attached hydrogen (secondary N) is 2. The molecule has 83 heavy (non-hydrogen) atoms. The number of carboxylic acids is 1. The van der Waals surface area contributed by atoms with Crippen molar-refractivity contribution < 1.29 is 82.2 Å². The molecule has 5 aliphatic rings. The zero-order chi connectivity index (χ0) is 58.5. The van der Waals surface area contributed by atoms with Gasteiger partial charge in [0.2, 0.25) is 24.6 Å². The molecule has 2 aliphatic carbocycles. The molecular weight excluding hydrogens is 1080 g/mol. The summed E-state index contributed by atoms with van der Waals surface area (Å²) in [6, 6.07) is 19.3. The van der Waals surface area contributed by atoms with Gasteiger partial charge in [-0.25, -0.2) is 9.59 Å². The van der Waals surface area contributed by atoms with E-state index >= 15 is 0 Å². The molecule has 24 nitrogen and oxygen atoms in total. The number of aliphatic hydroxyl groups excluding tert-OH is 3. The molecule has 1 saturated heterocycles. The maximum Gasteiger partial charge on any atom is 0.411 e. The summed E-state index contributed by atoms with van der Waals surface area (Å²) in [7, 11) is 4.71. The minimum absolute atomic E-state index is 0.0179. The highest BCUT2D eigenvalue weighted by molar-refractivity contribution is 5.92. The Hall–Kier alpha value is -9.07. The number of fused-ring (bicyclic) bond motifs is 4. The van der Waals surface area contributed by atoms with E-state index in [1.54, 1.807) is 38.5 Å². The van der Waals surface area contributed by atoms with Crippen LogP contribution in [0.1, 0.15) is 53.8 Å². The van der Waals surface area contributed by atoms with Crippen LogP contribution in [0, 0.1) is 22.3 Å². The third-order valence-corrected chi connectivity index (χ3v) is 14.8. The predicted octanol–water partition coefficient (Wildman–Crippen LogP) is 5.33. The third-order valence-electron chi connectivity index (χ3n) is 14.8. The van der Waals surface area contributed by atoms with Gasteiger partial charge in [0.05, 0.1) is 64.5 Å². The summed E-state index contributed by atoms with van der Waals surface area (Å²) in [5.74, 6) is 0.0706. The fourth-order valence-corrected chi connectivity index (χ4v) is 10.7. The average molecular weight is 1140 g/mol. The number of methoxy groups -OCH3 is 3. The fourth-order valence-electron chi connectivity index (χ4n) is 10.7.